The van der Waals surface area contributed by atoms with Crippen LogP contribution in [0.25, 0.3) is 0 Å². The van der Waals surface area contributed by atoms with Crippen molar-refractivity contribution in [3.8, 4) is 0 Å². The molecule has 2 aromatic carbocycles. The molecule has 0 saturated carbocycles. The van der Waals surface area contributed by atoms with Crippen molar-refractivity contribution in [2.24, 2.45) is 0 Å². The van der Waals surface area contributed by atoms with Crippen molar-refractivity contribution in [1.82, 2.24) is 14.5 Å². The Bertz CT molecular complexity index is 937. The molecule has 0 bridgehead atoms. The van der Waals surface area contributed by atoms with E-state index in [-0.39, 0.29) is 16.8 Å². The number of hydrogen-bond donors (Lipinski definition) is 1. The Balaban J connectivity index is 2.03. The van der Waals surface area contributed by atoms with Gasteiger partial charge in [0.15, 0.2) is 0 Å². The van der Waals surface area contributed by atoms with E-state index in [4.69, 9.17) is 0 Å². The average Bonchev–Trinajstić information content (AvgIpc) is 2.72. The van der Waals surface area contributed by atoms with Crippen LogP contribution in [0.3, 0.4) is 0 Å². The van der Waals surface area contributed by atoms with Crippen LogP contribution in [-0.2, 0) is 16.6 Å². The summed E-state index contributed by atoms with van der Waals surface area (Å²) in [6, 6.07) is 14.5. The molecule has 6 nitrogen and oxygen atoms in total. The summed E-state index contributed by atoms with van der Waals surface area (Å²) in [5, 5.41) is 2.97. The summed E-state index contributed by atoms with van der Waals surface area (Å²) in [6.07, 6.45) is 0. The summed E-state index contributed by atoms with van der Waals surface area (Å²) in [5.74, 6) is -0.157. The summed E-state index contributed by atoms with van der Waals surface area (Å²) in [4.78, 5) is 15.2. The highest BCUT2D eigenvalue weighted by atomic mass is 32.2. The molecule has 0 radical (unpaired) electrons. The molecule has 1 atom stereocenters. The Morgan fingerprint density at radius 3 is 2.00 bits per heavy atom. The summed E-state index contributed by atoms with van der Waals surface area (Å²) < 4.78 is 25.5. The van der Waals surface area contributed by atoms with E-state index >= 15 is 0 Å². The standard InChI is InChI=1S/C23H33N3O3S/c1-7-26(17(2)3)16-19-8-10-21(11-9-19)23(27)24-18(4)20-12-14-22(15-13-20)30(28,29)25(5)6/h8-15,17-18H,7,16H2,1-6H3,(H,24,27). The molecule has 30 heavy (non-hydrogen) atoms. The van der Waals surface area contributed by atoms with Crippen molar-refractivity contribution in [2.75, 3.05) is 20.6 Å². The SMILES string of the molecule is CCN(Cc1ccc(C(=O)NC(C)c2ccc(S(=O)(=O)N(C)C)cc2)cc1)C(C)C. The van der Waals surface area contributed by atoms with E-state index in [1.54, 1.807) is 24.3 Å². The number of carbonyl (C=O) groups excluding carboxylic acids is 1. The van der Waals surface area contributed by atoms with Crippen LogP contribution >= 0.6 is 0 Å². The van der Waals surface area contributed by atoms with Crippen molar-refractivity contribution in [2.45, 2.75) is 51.2 Å². The van der Waals surface area contributed by atoms with Gasteiger partial charge in [0.25, 0.3) is 5.91 Å². The summed E-state index contributed by atoms with van der Waals surface area (Å²) in [5.41, 5.74) is 2.62. The zero-order valence-corrected chi connectivity index (χ0v) is 19.5. The molecule has 1 unspecified atom stereocenters. The van der Waals surface area contributed by atoms with Crippen LogP contribution in [0.2, 0.25) is 0 Å². The fraction of sp³-hybridized carbons (Fsp3) is 0.435. The van der Waals surface area contributed by atoms with Crippen LogP contribution in [0.4, 0.5) is 0 Å². The Labute approximate surface area is 180 Å². The van der Waals surface area contributed by atoms with Crippen LogP contribution in [0.1, 0.15) is 55.2 Å². The number of nitrogens with zero attached hydrogens (tertiary/aromatic N) is 2. The van der Waals surface area contributed by atoms with E-state index in [2.05, 4.69) is 31.0 Å². The van der Waals surface area contributed by atoms with Gasteiger partial charge < -0.3 is 5.32 Å². The second-order valence-electron chi connectivity index (χ2n) is 7.91. The third-order valence-electron chi connectivity index (χ3n) is 5.24. The second-order valence-corrected chi connectivity index (χ2v) is 10.1. The lowest BCUT2D eigenvalue weighted by atomic mass is 10.1. The van der Waals surface area contributed by atoms with Gasteiger partial charge in [-0.1, -0.05) is 31.2 Å². The molecular formula is C23H33N3O3S. The first-order valence-electron chi connectivity index (χ1n) is 10.2. The summed E-state index contributed by atoms with van der Waals surface area (Å²) >= 11 is 0. The van der Waals surface area contributed by atoms with E-state index in [1.165, 1.54) is 24.0 Å². The smallest absolute Gasteiger partial charge is 0.251 e. The zero-order valence-electron chi connectivity index (χ0n) is 18.7. The normalized spacial score (nSPS) is 13.1. The Kier molecular flexibility index (Phi) is 8.18. The molecule has 2 rings (SSSR count). The highest BCUT2D eigenvalue weighted by Gasteiger charge is 2.18. The first kappa shape index (κ1) is 24.1. The Morgan fingerprint density at radius 1 is 0.967 bits per heavy atom. The van der Waals surface area contributed by atoms with E-state index in [1.807, 2.05) is 31.2 Å². The number of nitrogens with one attached hydrogen (secondary N) is 1. The predicted molar refractivity (Wildman–Crippen MR) is 121 cm³/mol. The summed E-state index contributed by atoms with van der Waals surface area (Å²) in [6.45, 7) is 10.2. The van der Waals surface area contributed by atoms with Crippen molar-refractivity contribution in [1.29, 1.82) is 0 Å². The zero-order chi connectivity index (χ0) is 22.5. The van der Waals surface area contributed by atoms with Gasteiger partial charge in [-0.15, -0.1) is 0 Å². The molecule has 0 aliphatic rings. The van der Waals surface area contributed by atoms with Crippen LogP contribution in [0, 0.1) is 0 Å². The molecular weight excluding hydrogens is 398 g/mol. The quantitative estimate of drug-likeness (QED) is 0.658. The number of rotatable bonds is 9. The van der Waals surface area contributed by atoms with Gasteiger partial charge >= 0.3 is 0 Å². The van der Waals surface area contributed by atoms with Crippen LogP contribution < -0.4 is 5.32 Å². The van der Waals surface area contributed by atoms with Crippen LogP contribution in [0.5, 0.6) is 0 Å². The number of sulfonamides is 1. The molecule has 0 fully saturated rings. The largest absolute Gasteiger partial charge is 0.346 e. The lowest BCUT2D eigenvalue weighted by Gasteiger charge is -2.24. The van der Waals surface area contributed by atoms with Gasteiger partial charge in [0, 0.05) is 32.2 Å². The molecule has 1 amide bonds. The fourth-order valence-corrected chi connectivity index (χ4v) is 4.06. The van der Waals surface area contributed by atoms with Gasteiger partial charge in [0.2, 0.25) is 10.0 Å². The molecule has 7 heteroatoms. The van der Waals surface area contributed by atoms with Gasteiger partial charge in [-0.25, -0.2) is 12.7 Å². The van der Waals surface area contributed by atoms with Gasteiger partial charge in [-0.05, 0) is 62.7 Å². The number of amides is 1. The van der Waals surface area contributed by atoms with Gasteiger partial charge in [-0.2, -0.15) is 0 Å². The molecule has 0 spiro atoms. The van der Waals surface area contributed by atoms with Gasteiger partial charge in [0.05, 0.1) is 10.9 Å². The second kappa shape index (κ2) is 10.2. The minimum Gasteiger partial charge on any atom is -0.346 e. The maximum atomic E-state index is 12.6. The van der Waals surface area contributed by atoms with Gasteiger partial charge in [-0.3, -0.25) is 9.69 Å². The third-order valence-corrected chi connectivity index (χ3v) is 7.07. The summed E-state index contributed by atoms with van der Waals surface area (Å²) in [7, 11) is -0.463. The first-order chi connectivity index (χ1) is 14.1. The topological polar surface area (TPSA) is 69.7 Å². The van der Waals surface area contributed by atoms with Crippen molar-refractivity contribution >= 4 is 15.9 Å². The number of hydrogen-bond acceptors (Lipinski definition) is 4. The van der Waals surface area contributed by atoms with Crippen molar-refractivity contribution in [3.63, 3.8) is 0 Å². The Hall–Kier alpha value is -2.22. The molecule has 0 aliphatic heterocycles. The number of carbonyl (C=O) groups is 1. The van der Waals surface area contributed by atoms with Crippen LogP contribution in [0.15, 0.2) is 53.4 Å². The lowest BCUT2D eigenvalue weighted by Crippen LogP contribution is -2.30. The van der Waals surface area contributed by atoms with Crippen molar-refractivity contribution in [3.05, 3.63) is 65.2 Å². The number of benzene rings is 2. The molecule has 0 saturated heterocycles. The van der Waals surface area contributed by atoms with E-state index in [0.717, 1.165) is 18.7 Å². The molecule has 1 N–H and O–H groups in total. The first-order valence-corrected chi connectivity index (χ1v) is 11.7. The lowest BCUT2D eigenvalue weighted by molar-refractivity contribution is 0.0940. The van der Waals surface area contributed by atoms with Crippen molar-refractivity contribution < 1.29 is 13.2 Å². The maximum Gasteiger partial charge on any atom is 0.251 e. The van der Waals surface area contributed by atoms with E-state index in [0.29, 0.717) is 11.6 Å². The fourth-order valence-electron chi connectivity index (χ4n) is 3.16. The molecule has 0 aliphatic carbocycles. The monoisotopic (exact) mass is 431 g/mol. The van der Waals surface area contributed by atoms with Gasteiger partial charge in [0.1, 0.15) is 0 Å². The molecule has 164 valence electrons. The molecule has 0 aromatic heterocycles. The predicted octanol–water partition coefficient (Wildman–Crippen LogP) is 3.66. The average molecular weight is 432 g/mol. The minimum absolute atomic E-state index is 0.157. The minimum atomic E-state index is -3.46. The van der Waals surface area contributed by atoms with Crippen LogP contribution in [-0.4, -0.2) is 50.2 Å². The molecule has 2 aromatic rings. The van der Waals surface area contributed by atoms with E-state index < -0.39 is 10.0 Å². The molecule has 0 heterocycles. The highest BCUT2D eigenvalue weighted by molar-refractivity contribution is 7.89. The third kappa shape index (κ3) is 5.90. The Morgan fingerprint density at radius 2 is 1.53 bits per heavy atom. The highest BCUT2D eigenvalue weighted by Crippen LogP contribution is 2.19. The maximum absolute atomic E-state index is 12.6. The van der Waals surface area contributed by atoms with E-state index in [9.17, 15) is 13.2 Å².